The van der Waals surface area contributed by atoms with Crippen LogP contribution in [0, 0.1) is 18.5 Å². The van der Waals surface area contributed by atoms with Crippen LogP contribution in [0.2, 0.25) is 0 Å². The summed E-state index contributed by atoms with van der Waals surface area (Å²) < 4.78 is 103. The molecule has 5 nitrogen and oxygen atoms in total. The molecule has 0 bridgehead atoms. The first-order valence-corrected chi connectivity index (χ1v) is 24.1. The molecule has 0 aliphatic heterocycles. The summed E-state index contributed by atoms with van der Waals surface area (Å²) in [5.41, 5.74) is 5.20. The van der Waals surface area contributed by atoms with Gasteiger partial charge in [0.05, 0.1) is 30.4 Å². The van der Waals surface area contributed by atoms with E-state index in [9.17, 15) is 0 Å². The number of hydrogen-bond donors (Lipinski definition) is 0. The Hall–Kier alpha value is -6.81. The third kappa shape index (κ3) is 7.95. The number of fused-ring (bicyclic) bond motifs is 7. The first-order valence-electron chi connectivity index (χ1n) is 27.4. The Balaban J connectivity index is 0.00000660. The zero-order valence-electron chi connectivity index (χ0n) is 48.5. The van der Waals surface area contributed by atoms with Crippen LogP contribution in [-0.2, 0) is 31.9 Å². The van der Waals surface area contributed by atoms with Gasteiger partial charge in [-0.05, 0) is 22.3 Å². The zero-order valence-corrected chi connectivity index (χ0v) is 42.5. The van der Waals surface area contributed by atoms with Gasteiger partial charge in [0.25, 0.3) is 6.33 Å². The van der Waals surface area contributed by atoms with E-state index in [1.807, 2.05) is 48.7 Å². The van der Waals surface area contributed by atoms with E-state index in [-0.39, 0.29) is 68.9 Å². The molecule has 4 aromatic heterocycles. The third-order valence-electron chi connectivity index (χ3n) is 12.5. The number of rotatable bonds is 7. The van der Waals surface area contributed by atoms with Gasteiger partial charge in [-0.1, -0.05) is 124 Å². The number of nitrogens with zero attached hydrogens (tertiary/aromatic N) is 4. The van der Waals surface area contributed by atoms with Gasteiger partial charge in [0.15, 0.2) is 0 Å². The molecular formula is C62H48N4OPtSe-2. The van der Waals surface area contributed by atoms with E-state index in [1.54, 1.807) is 27.3 Å². The fourth-order valence-corrected chi connectivity index (χ4v) is 11.4. The summed E-state index contributed by atoms with van der Waals surface area (Å²) in [6.07, 6.45) is 5.37. The van der Waals surface area contributed by atoms with Gasteiger partial charge in [-0.25, -0.2) is 0 Å². The SMILES string of the molecule is [2H]c1c([2H])c([2H])c(-c2cccc(-c3c([2H])c([2H])c([2H])c([2H])c3[2H])c2-[n+]2[c-]n(-c3[c-]c(Oc4[c-]c5c(cc4)c4cc6c(cc4n5-c4cc(C(C)(C)C)ccn4)[se]c4ccccc46)cc(C(C)(C)C)c3)c3ccccc32)c([2H])c1[2H].[Pt]. The third-order valence-corrected chi connectivity index (χ3v) is 14.9. The molecule has 4 heterocycles. The van der Waals surface area contributed by atoms with Crippen molar-refractivity contribution in [1.29, 1.82) is 0 Å². The number of imidazole rings is 1. The standard InChI is InChI=1S/C62H48N4OSe.Pt/c1-61(2,3)42-30-31-63-59(34-42)66-55-36-45(28-29-49(55)51-37-52-50-22-13-16-27-57(50)68-58(52)38-56(51)66)67-46-33-43(62(4,5)6)32-44(35-46)64-39-65(54-26-15-14-25-53(54)64)60-47(40-18-9-7-10-19-40)23-17-24-48(60)41-20-11-8-12-21-41;/h7-34,37-38H,1-6H3;/q-2;/i7D,8D,9D,10D,11D,12D,18D,19D,20D,21D;. The van der Waals surface area contributed by atoms with Crippen molar-refractivity contribution in [1.82, 2.24) is 14.1 Å². The smallest absolute Gasteiger partial charge is 0.0666 e. The average molecular weight is 1150 g/mol. The zero-order chi connectivity index (χ0) is 55.0. The van der Waals surface area contributed by atoms with Crippen molar-refractivity contribution in [2.24, 2.45) is 0 Å². The molecule has 0 aliphatic carbocycles. The van der Waals surface area contributed by atoms with E-state index in [2.05, 4.69) is 119 Å². The molecule has 0 saturated carbocycles. The molecule has 7 heteroatoms. The molecule has 340 valence electrons. The molecular weight excluding hydrogens is 1090 g/mol. The topological polar surface area (TPSA) is 35.9 Å². The molecule has 0 saturated heterocycles. The predicted octanol–water partition coefficient (Wildman–Crippen LogP) is 14.9. The number of para-hydroxylation sites is 3. The van der Waals surface area contributed by atoms with Gasteiger partial charge in [-0.15, -0.1) is 0 Å². The summed E-state index contributed by atoms with van der Waals surface area (Å²) in [6.45, 7) is 12.9. The van der Waals surface area contributed by atoms with E-state index in [0.29, 0.717) is 28.2 Å². The second-order valence-corrected chi connectivity index (χ2v) is 21.2. The molecule has 69 heavy (non-hydrogen) atoms. The number of ether oxygens (including phenoxy) is 1. The Morgan fingerprint density at radius 1 is 0.594 bits per heavy atom. The Morgan fingerprint density at radius 3 is 2.01 bits per heavy atom. The van der Waals surface area contributed by atoms with E-state index in [0.717, 1.165) is 38.8 Å². The summed E-state index contributed by atoms with van der Waals surface area (Å²) in [7, 11) is 0. The van der Waals surface area contributed by atoms with Crippen LogP contribution in [0.3, 0.4) is 0 Å². The van der Waals surface area contributed by atoms with Gasteiger partial charge >= 0.3 is 231 Å². The molecule has 0 unspecified atom stereocenters. The number of pyridine rings is 1. The van der Waals surface area contributed by atoms with Crippen LogP contribution < -0.4 is 9.30 Å². The molecule has 0 amide bonds. The summed E-state index contributed by atoms with van der Waals surface area (Å²) in [5.74, 6) is 1.61. The molecule has 0 fully saturated rings. The molecule has 0 radical (unpaired) electrons. The Morgan fingerprint density at radius 2 is 1.29 bits per heavy atom. The van der Waals surface area contributed by atoms with Gasteiger partial charge in [0, 0.05) is 21.1 Å². The van der Waals surface area contributed by atoms with Gasteiger partial charge in [0.1, 0.15) is 0 Å². The molecule has 0 aliphatic rings. The van der Waals surface area contributed by atoms with E-state index < -0.39 is 65.8 Å². The van der Waals surface area contributed by atoms with Crippen LogP contribution >= 0.6 is 0 Å². The van der Waals surface area contributed by atoms with Crippen LogP contribution in [0.5, 0.6) is 11.5 Å². The quantitative estimate of drug-likeness (QED) is 0.0906. The normalized spacial score (nSPS) is 14.1. The Kier molecular flexibility index (Phi) is 8.64. The Labute approximate surface area is 437 Å². The van der Waals surface area contributed by atoms with Gasteiger partial charge in [0.2, 0.25) is 0 Å². The maximum absolute atomic E-state index is 9.12. The summed E-state index contributed by atoms with van der Waals surface area (Å²) in [6, 6.07) is 39.6. The number of hydrogen-bond acceptors (Lipinski definition) is 2. The minimum atomic E-state index is -0.571. The van der Waals surface area contributed by atoms with Crippen molar-refractivity contribution in [3.05, 3.63) is 211 Å². The number of aromatic nitrogens is 4. The molecule has 0 atom stereocenters. The van der Waals surface area contributed by atoms with E-state index in [1.165, 1.54) is 19.3 Å². The molecule has 0 spiro atoms. The van der Waals surface area contributed by atoms with Gasteiger partial charge in [-0.2, -0.15) is 0 Å². The van der Waals surface area contributed by atoms with Gasteiger partial charge in [-0.3, -0.25) is 4.57 Å². The molecule has 0 N–H and O–H groups in total. The van der Waals surface area contributed by atoms with Crippen LogP contribution in [0.25, 0.3) is 91.6 Å². The fraction of sp³-hybridized carbons (Fsp3) is 0.129. The second-order valence-electron chi connectivity index (χ2n) is 19.0. The van der Waals surface area contributed by atoms with Crippen molar-refractivity contribution in [3.8, 4) is 50.9 Å². The summed E-state index contributed by atoms with van der Waals surface area (Å²) >= 11 is 0.133. The first kappa shape index (κ1) is 34.5. The minimum absolute atomic E-state index is 0. The second kappa shape index (κ2) is 17.3. The van der Waals surface area contributed by atoms with Crippen molar-refractivity contribution >= 4 is 66.6 Å². The van der Waals surface area contributed by atoms with Gasteiger partial charge < -0.3 is 0 Å². The van der Waals surface area contributed by atoms with Crippen LogP contribution in [-0.4, -0.2) is 28.6 Å². The molecule has 8 aromatic carbocycles. The van der Waals surface area contributed by atoms with E-state index in [4.69, 9.17) is 23.4 Å². The van der Waals surface area contributed by atoms with Crippen molar-refractivity contribution in [3.63, 3.8) is 0 Å². The molecule has 12 rings (SSSR count). The molecule has 12 aromatic rings. The van der Waals surface area contributed by atoms with Crippen molar-refractivity contribution in [2.75, 3.05) is 0 Å². The van der Waals surface area contributed by atoms with Crippen LogP contribution in [0.15, 0.2) is 182 Å². The minimum Gasteiger partial charge on any atom is -0.0666 e. The first-order chi connectivity index (χ1) is 37.1. The van der Waals surface area contributed by atoms with Crippen LogP contribution in [0.1, 0.15) is 66.4 Å². The van der Waals surface area contributed by atoms with Crippen molar-refractivity contribution in [2.45, 2.75) is 52.4 Å². The maximum atomic E-state index is 9.12. The van der Waals surface area contributed by atoms with Crippen molar-refractivity contribution < 1.29 is 44.1 Å². The average Bonchev–Trinajstić information content (AvgIpc) is 4.01. The summed E-state index contributed by atoms with van der Waals surface area (Å²) in [5, 5.41) is 4.59. The Bertz CT molecular complexity index is 4390. The fourth-order valence-electron chi connectivity index (χ4n) is 9.06. The predicted molar refractivity (Wildman–Crippen MR) is 280 cm³/mol. The monoisotopic (exact) mass is 1150 g/mol. The van der Waals surface area contributed by atoms with E-state index >= 15 is 0 Å². The summed E-state index contributed by atoms with van der Waals surface area (Å²) in [4.78, 5) is 4.97. The van der Waals surface area contributed by atoms with Crippen LogP contribution in [0.4, 0.5) is 0 Å². The number of benzene rings is 8.